The zero-order chi connectivity index (χ0) is 23.9. The lowest BCUT2D eigenvalue weighted by molar-refractivity contribution is -0.139. The van der Waals surface area contributed by atoms with E-state index in [-0.39, 0.29) is 30.8 Å². The van der Waals surface area contributed by atoms with Crippen molar-refractivity contribution in [2.24, 2.45) is 0 Å². The minimum absolute atomic E-state index is 0.117. The summed E-state index contributed by atoms with van der Waals surface area (Å²) in [6.45, 7) is 2.79. The highest BCUT2D eigenvalue weighted by atomic mass is 19.1. The number of carbonyl (C=O) groups is 2. The summed E-state index contributed by atoms with van der Waals surface area (Å²) in [6.07, 6.45) is 1.56. The van der Waals surface area contributed by atoms with Gasteiger partial charge in [-0.3, -0.25) is 14.5 Å². The maximum atomic E-state index is 14.2. The number of anilines is 1. The van der Waals surface area contributed by atoms with E-state index in [1.165, 1.54) is 18.2 Å². The minimum Gasteiger partial charge on any atom is -0.468 e. The number of hydrogen-bond donors (Lipinski definition) is 2. The van der Waals surface area contributed by atoms with Gasteiger partial charge in [0.1, 0.15) is 17.4 Å². The Hall–Kier alpha value is -3.72. The molecule has 0 aliphatic carbocycles. The third-order valence-electron chi connectivity index (χ3n) is 5.85. The molecule has 178 valence electrons. The molecule has 9 heteroatoms. The first-order valence-electron chi connectivity index (χ1n) is 11.1. The van der Waals surface area contributed by atoms with Crippen molar-refractivity contribution in [1.82, 2.24) is 15.5 Å². The number of nitrogens with zero attached hydrogens (tertiary/aromatic N) is 2. The lowest BCUT2D eigenvalue weighted by atomic mass is 10.1. The molecule has 7 nitrogen and oxygen atoms in total. The van der Waals surface area contributed by atoms with E-state index in [1.807, 2.05) is 17.0 Å². The molecule has 4 rings (SSSR count). The quantitative estimate of drug-likeness (QED) is 0.522. The Morgan fingerprint density at radius 2 is 1.59 bits per heavy atom. The molecule has 0 saturated carbocycles. The van der Waals surface area contributed by atoms with Crippen LogP contribution < -0.4 is 15.5 Å². The van der Waals surface area contributed by atoms with Crippen LogP contribution in [-0.2, 0) is 16.1 Å². The van der Waals surface area contributed by atoms with Gasteiger partial charge in [0.05, 0.1) is 18.0 Å². The number of piperazine rings is 1. The predicted octanol–water partition coefficient (Wildman–Crippen LogP) is 2.85. The molecule has 1 saturated heterocycles. The predicted molar refractivity (Wildman–Crippen MR) is 123 cm³/mol. The summed E-state index contributed by atoms with van der Waals surface area (Å²) in [5.74, 6) is -1.48. The zero-order valence-corrected chi connectivity index (χ0v) is 18.5. The van der Waals surface area contributed by atoms with E-state index < -0.39 is 11.8 Å². The van der Waals surface area contributed by atoms with Gasteiger partial charge in [-0.2, -0.15) is 0 Å². The zero-order valence-electron chi connectivity index (χ0n) is 18.5. The Labute approximate surface area is 196 Å². The summed E-state index contributed by atoms with van der Waals surface area (Å²) >= 11 is 0. The summed E-state index contributed by atoms with van der Waals surface area (Å²) in [6, 6.07) is 15.7. The molecule has 2 heterocycles. The molecule has 0 radical (unpaired) electrons. The highest BCUT2D eigenvalue weighted by Gasteiger charge is 2.28. The van der Waals surface area contributed by atoms with Crippen LogP contribution in [-0.4, -0.2) is 49.4 Å². The first-order chi connectivity index (χ1) is 16.5. The second-order valence-corrected chi connectivity index (χ2v) is 8.02. The van der Waals surface area contributed by atoms with Crippen molar-refractivity contribution in [3.63, 3.8) is 0 Å². The monoisotopic (exact) mass is 468 g/mol. The minimum atomic E-state index is -0.771. The summed E-state index contributed by atoms with van der Waals surface area (Å²) in [5, 5.41) is 5.21. The fourth-order valence-electron chi connectivity index (χ4n) is 4.01. The van der Waals surface area contributed by atoms with E-state index in [4.69, 9.17) is 4.42 Å². The van der Waals surface area contributed by atoms with Crippen LogP contribution in [0.1, 0.15) is 17.4 Å². The first kappa shape index (κ1) is 23.4. The highest BCUT2D eigenvalue weighted by Crippen LogP contribution is 2.25. The molecule has 2 amide bonds. The van der Waals surface area contributed by atoms with Crippen LogP contribution in [0, 0.1) is 11.6 Å². The normalized spacial score (nSPS) is 15.1. The van der Waals surface area contributed by atoms with Crippen molar-refractivity contribution in [1.29, 1.82) is 0 Å². The number of rotatable bonds is 7. The lowest BCUT2D eigenvalue weighted by Gasteiger charge is -2.39. The summed E-state index contributed by atoms with van der Waals surface area (Å²) < 4.78 is 32.7. The fraction of sp³-hybridized carbons (Fsp3) is 0.280. The topological polar surface area (TPSA) is 77.8 Å². The molecule has 1 aliphatic heterocycles. The molecule has 1 atom stereocenters. The van der Waals surface area contributed by atoms with Crippen molar-refractivity contribution in [2.45, 2.75) is 12.6 Å². The molecule has 2 N–H and O–H groups in total. The van der Waals surface area contributed by atoms with Gasteiger partial charge < -0.3 is 20.0 Å². The highest BCUT2D eigenvalue weighted by molar-refractivity contribution is 6.35. The molecule has 2 aromatic carbocycles. The summed E-state index contributed by atoms with van der Waals surface area (Å²) in [5.41, 5.74) is 1.26. The van der Waals surface area contributed by atoms with Crippen LogP contribution in [0.4, 0.5) is 14.5 Å². The molecular weight excluding hydrogens is 442 g/mol. The van der Waals surface area contributed by atoms with Gasteiger partial charge in [-0.05, 0) is 42.0 Å². The molecule has 34 heavy (non-hydrogen) atoms. The molecular formula is C25H26F2N4O3. The molecule has 1 aromatic heterocycles. The van der Waals surface area contributed by atoms with Gasteiger partial charge in [0, 0.05) is 39.3 Å². The maximum absolute atomic E-state index is 14.2. The molecule has 0 spiro atoms. The number of hydrogen-bond acceptors (Lipinski definition) is 5. The number of furan rings is 1. The second-order valence-electron chi connectivity index (χ2n) is 8.02. The van der Waals surface area contributed by atoms with Gasteiger partial charge in [0.25, 0.3) is 0 Å². The number of halogens is 2. The van der Waals surface area contributed by atoms with Crippen LogP contribution >= 0.6 is 0 Å². The number of benzene rings is 2. The summed E-state index contributed by atoms with van der Waals surface area (Å²) in [4.78, 5) is 28.7. The van der Waals surface area contributed by atoms with E-state index in [1.54, 1.807) is 36.6 Å². The summed E-state index contributed by atoms with van der Waals surface area (Å²) in [7, 11) is 0. The Kier molecular flexibility index (Phi) is 7.54. The third-order valence-corrected chi connectivity index (χ3v) is 5.85. The second kappa shape index (κ2) is 10.9. The fourth-order valence-corrected chi connectivity index (χ4v) is 4.01. The van der Waals surface area contributed by atoms with Gasteiger partial charge in [-0.1, -0.05) is 24.3 Å². The van der Waals surface area contributed by atoms with E-state index in [0.29, 0.717) is 43.2 Å². The largest absolute Gasteiger partial charge is 0.468 e. The average Bonchev–Trinajstić information content (AvgIpc) is 3.39. The number of para-hydroxylation sites is 1. The van der Waals surface area contributed by atoms with Crippen LogP contribution in [0.25, 0.3) is 0 Å². The molecule has 3 aromatic rings. The van der Waals surface area contributed by atoms with Crippen molar-refractivity contribution < 1.29 is 22.8 Å². The van der Waals surface area contributed by atoms with Crippen molar-refractivity contribution in [2.75, 3.05) is 37.6 Å². The van der Waals surface area contributed by atoms with E-state index in [0.717, 1.165) is 0 Å². The SMILES string of the molecule is O=C(NCc1ccc(F)cc1)C(=O)NCC(c1ccco1)N1CCN(c2ccccc2F)CC1. The molecule has 0 bridgehead atoms. The Bertz CT molecular complexity index is 1100. The number of carbonyl (C=O) groups excluding carboxylic acids is 2. The lowest BCUT2D eigenvalue weighted by Crippen LogP contribution is -2.51. The van der Waals surface area contributed by atoms with Crippen LogP contribution in [0.3, 0.4) is 0 Å². The van der Waals surface area contributed by atoms with Crippen molar-refractivity contribution in [3.8, 4) is 0 Å². The number of nitrogens with one attached hydrogen (secondary N) is 2. The molecule has 1 fully saturated rings. The third kappa shape index (κ3) is 5.79. The number of amides is 2. The van der Waals surface area contributed by atoms with E-state index >= 15 is 0 Å². The van der Waals surface area contributed by atoms with Crippen LogP contribution in [0.5, 0.6) is 0 Å². The van der Waals surface area contributed by atoms with Crippen molar-refractivity contribution >= 4 is 17.5 Å². The van der Waals surface area contributed by atoms with Gasteiger partial charge in [-0.15, -0.1) is 0 Å². The Morgan fingerprint density at radius 1 is 0.882 bits per heavy atom. The Balaban J connectivity index is 1.32. The first-order valence-corrected chi connectivity index (χ1v) is 11.1. The molecule has 1 unspecified atom stereocenters. The van der Waals surface area contributed by atoms with E-state index in [9.17, 15) is 18.4 Å². The molecule has 1 aliphatic rings. The van der Waals surface area contributed by atoms with Crippen LogP contribution in [0.2, 0.25) is 0 Å². The Morgan fingerprint density at radius 3 is 2.26 bits per heavy atom. The average molecular weight is 469 g/mol. The van der Waals surface area contributed by atoms with E-state index in [2.05, 4.69) is 15.5 Å². The van der Waals surface area contributed by atoms with Gasteiger partial charge in [0.2, 0.25) is 0 Å². The van der Waals surface area contributed by atoms with Gasteiger partial charge in [0.15, 0.2) is 0 Å². The standard InChI is InChI=1S/C25H26F2N4O3/c26-19-9-7-18(8-10-19)16-28-24(32)25(33)29-17-22(23-6-3-15-34-23)31-13-11-30(12-14-31)21-5-2-1-4-20(21)27/h1-10,15,22H,11-14,16-17H2,(H,28,32)(H,29,33). The smallest absolute Gasteiger partial charge is 0.309 e. The van der Waals surface area contributed by atoms with Crippen molar-refractivity contribution in [3.05, 3.63) is 89.9 Å². The van der Waals surface area contributed by atoms with Gasteiger partial charge in [-0.25, -0.2) is 8.78 Å². The van der Waals surface area contributed by atoms with Gasteiger partial charge >= 0.3 is 11.8 Å². The maximum Gasteiger partial charge on any atom is 0.309 e. The van der Waals surface area contributed by atoms with Crippen LogP contribution in [0.15, 0.2) is 71.3 Å².